The van der Waals surface area contributed by atoms with Crippen molar-refractivity contribution < 1.29 is 27.5 Å². The molecule has 0 unspecified atom stereocenters. The van der Waals surface area contributed by atoms with Gasteiger partial charge in [0.15, 0.2) is 10.9 Å². The average Bonchev–Trinajstić information content (AvgIpc) is 3.05. The smallest absolute Gasteiger partial charge is 0.433 e. The van der Waals surface area contributed by atoms with Crippen molar-refractivity contribution in [2.45, 2.75) is 18.3 Å². The van der Waals surface area contributed by atoms with E-state index in [1.165, 1.54) is 32.4 Å². The normalized spacial score (nSPS) is 12.7. The van der Waals surface area contributed by atoms with Gasteiger partial charge in [-0.15, -0.1) is 0 Å². The Morgan fingerprint density at radius 2 is 2.08 bits per heavy atom. The average molecular weight is 359 g/mol. The third-order valence-corrected chi connectivity index (χ3v) is 3.78. The first-order valence-corrected chi connectivity index (χ1v) is 7.34. The van der Waals surface area contributed by atoms with Gasteiger partial charge in [-0.1, -0.05) is 0 Å². The zero-order valence-electron chi connectivity index (χ0n) is 12.5. The van der Waals surface area contributed by atoms with Gasteiger partial charge in [-0.3, -0.25) is 4.79 Å². The Kier molecular flexibility index (Phi) is 5.17. The zero-order valence-corrected chi connectivity index (χ0v) is 13.3. The molecule has 2 heterocycles. The molecule has 2 aromatic rings. The second-order valence-corrected chi connectivity index (χ2v) is 5.47. The van der Waals surface area contributed by atoms with Crippen LogP contribution in [0.1, 0.15) is 12.6 Å². The van der Waals surface area contributed by atoms with E-state index in [-0.39, 0.29) is 27.3 Å². The van der Waals surface area contributed by atoms with E-state index in [4.69, 9.17) is 4.42 Å². The van der Waals surface area contributed by atoms with Gasteiger partial charge in [-0.05, 0) is 36.9 Å². The highest BCUT2D eigenvalue weighted by Gasteiger charge is 2.34. The Balaban J connectivity index is 2.52. The van der Waals surface area contributed by atoms with Crippen molar-refractivity contribution in [1.82, 2.24) is 15.3 Å². The molecule has 0 saturated heterocycles. The Hall–Kier alpha value is -2.49. The molecule has 0 saturated carbocycles. The summed E-state index contributed by atoms with van der Waals surface area (Å²) in [5.41, 5.74) is -1.27. The molecule has 2 aromatic heterocycles. The molecule has 0 atom stereocenters. The quantitative estimate of drug-likeness (QED) is 0.377. The van der Waals surface area contributed by atoms with Crippen LogP contribution in [-0.4, -0.2) is 28.0 Å². The van der Waals surface area contributed by atoms with Crippen LogP contribution in [0.3, 0.4) is 0 Å². The van der Waals surface area contributed by atoms with Crippen molar-refractivity contribution in [2.24, 2.45) is 0 Å². The summed E-state index contributed by atoms with van der Waals surface area (Å²) < 4.78 is 44.2. The summed E-state index contributed by atoms with van der Waals surface area (Å²) in [7, 11) is 1.33. The Bertz CT molecular complexity index is 769. The van der Waals surface area contributed by atoms with Crippen LogP contribution < -0.4 is 5.32 Å². The van der Waals surface area contributed by atoms with E-state index in [0.29, 0.717) is 11.8 Å². The fourth-order valence-electron chi connectivity index (χ4n) is 1.66. The molecule has 2 rings (SSSR count). The minimum absolute atomic E-state index is 0.0864. The number of halogens is 3. The predicted molar refractivity (Wildman–Crippen MR) is 80.0 cm³/mol. The number of aliphatic hydroxyl groups excluding tert-OH is 1. The van der Waals surface area contributed by atoms with Gasteiger partial charge in [0.05, 0.1) is 6.26 Å². The highest BCUT2D eigenvalue weighted by atomic mass is 32.2. The molecule has 0 fully saturated rings. The lowest BCUT2D eigenvalue weighted by Gasteiger charge is -2.10. The minimum Gasteiger partial charge on any atom is -0.511 e. The van der Waals surface area contributed by atoms with Crippen LogP contribution in [0.4, 0.5) is 13.2 Å². The number of amides is 1. The lowest BCUT2D eigenvalue weighted by Crippen LogP contribution is -2.20. The van der Waals surface area contributed by atoms with Gasteiger partial charge >= 0.3 is 6.18 Å². The third kappa shape index (κ3) is 4.07. The number of likely N-dealkylation sites (N-methyl/N-ethyl adjacent to an activating group) is 1. The van der Waals surface area contributed by atoms with Crippen molar-refractivity contribution in [2.75, 3.05) is 7.05 Å². The second-order valence-electron chi connectivity index (χ2n) is 4.49. The summed E-state index contributed by atoms with van der Waals surface area (Å²) in [6.07, 6.45) is -3.41. The summed E-state index contributed by atoms with van der Waals surface area (Å²) in [6, 6.07) is 3.70. The Morgan fingerprint density at radius 3 is 2.58 bits per heavy atom. The fraction of sp³-hybridized carbons (Fsp3) is 0.214. The largest absolute Gasteiger partial charge is 0.511 e. The molecule has 2 N–H and O–H groups in total. The molecule has 1 amide bonds. The monoisotopic (exact) mass is 359 g/mol. The number of allylic oxidation sites excluding steroid dienone is 1. The first-order valence-electron chi connectivity index (χ1n) is 6.52. The first kappa shape index (κ1) is 17.9. The lowest BCUT2D eigenvalue weighted by atomic mass is 10.2. The van der Waals surface area contributed by atoms with Gasteiger partial charge in [-0.25, -0.2) is 9.97 Å². The molecule has 0 bridgehead atoms. The van der Waals surface area contributed by atoms with Crippen molar-refractivity contribution in [1.29, 1.82) is 0 Å². The first-order chi connectivity index (χ1) is 11.2. The highest BCUT2D eigenvalue weighted by Crippen LogP contribution is 2.34. The van der Waals surface area contributed by atoms with E-state index in [1.54, 1.807) is 0 Å². The van der Waals surface area contributed by atoms with Crippen molar-refractivity contribution in [3.8, 4) is 11.5 Å². The van der Waals surface area contributed by atoms with E-state index in [0.717, 1.165) is 6.07 Å². The molecular weight excluding hydrogens is 347 g/mol. The number of carbonyl (C=O) groups is 1. The second kappa shape index (κ2) is 6.95. The maximum Gasteiger partial charge on any atom is 0.433 e. The minimum atomic E-state index is -4.70. The van der Waals surface area contributed by atoms with Gasteiger partial charge in [0.2, 0.25) is 0 Å². The summed E-state index contributed by atoms with van der Waals surface area (Å²) >= 11 is 0.525. The van der Waals surface area contributed by atoms with Crippen LogP contribution in [0.2, 0.25) is 0 Å². The zero-order chi connectivity index (χ0) is 17.9. The van der Waals surface area contributed by atoms with Crippen LogP contribution in [0.5, 0.6) is 0 Å². The number of hydrogen-bond donors (Lipinski definition) is 2. The number of aliphatic hydroxyl groups is 1. The summed E-state index contributed by atoms with van der Waals surface area (Å²) in [5.74, 6) is -0.906. The summed E-state index contributed by atoms with van der Waals surface area (Å²) in [6.45, 7) is 1.23. The van der Waals surface area contributed by atoms with Gasteiger partial charge in [0.1, 0.15) is 22.1 Å². The van der Waals surface area contributed by atoms with Crippen molar-refractivity contribution in [3.63, 3.8) is 0 Å². The molecule has 24 heavy (non-hydrogen) atoms. The summed E-state index contributed by atoms with van der Waals surface area (Å²) in [5, 5.41) is 11.5. The number of furan rings is 1. The van der Waals surface area contributed by atoms with E-state index in [1.807, 2.05) is 0 Å². The Labute approximate surface area is 138 Å². The van der Waals surface area contributed by atoms with Crippen molar-refractivity contribution >= 4 is 17.7 Å². The lowest BCUT2D eigenvalue weighted by molar-refractivity contribution is -0.141. The van der Waals surface area contributed by atoms with Gasteiger partial charge in [-0.2, -0.15) is 13.2 Å². The van der Waals surface area contributed by atoms with Gasteiger partial charge in [0.25, 0.3) is 5.91 Å². The molecule has 0 aliphatic carbocycles. The highest BCUT2D eigenvalue weighted by molar-refractivity contribution is 8.03. The summed E-state index contributed by atoms with van der Waals surface area (Å²) in [4.78, 5) is 18.9. The molecule has 6 nitrogen and oxygen atoms in total. The molecule has 0 aromatic carbocycles. The van der Waals surface area contributed by atoms with Gasteiger partial charge in [0, 0.05) is 7.05 Å². The number of hydrogen-bond acceptors (Lipinski definition) is 6. The maximum atomic E-state index is 13.0. The van der Waals surface area contributed by atoms with E-state index in [2.05, 4.69) is 15.3 Å². The van der Waals surface area contributed by atoms with Crippen molar-refractivity contribution in [3.05, 3.63) is 40.8 Å². The van der Waals surface area contributed by atoms with E-state index >= 15 is 0 Å². The number of carbonyl (C=O) groups excluding carboxylic acids is 1. The maximum absolute atomic E-state index is 13.0. The van der Waals surface area contributed by atoms with E-state index in [9.17, 15) is 23.1 Å². The van der Waals surface area contributed by atoms with Crippen LogP contribution >= 0.6 is 11.8 Å². The fourth-order valence-corrected chi connectivity index (χ4v) is 2.47. The molecule has 10 heteroatoms. The number of alkyl halides is 3. The standard InChI is InChI=1S/C14H12F3N3O3S/c1-7(21)11(12(22)18-2)24-13-19-8(9-4-3-5-23-9)6-10(20-13)14(15,16)17/h3-6,21H,1-2H3,(H,18,22)/b11-7-. The molecule has 0 aliphatic heterocycles. The molecule has 128 valence electrons. The number of aromatic nitrogens is 2. The molecule has 0 radical (unpaired) electrons. The Morgan fingerprint density at radius 1 is 1.38 bits per heavy atom. The number of nitrogens with one attached hydrogen (secondary N) is 1. The van der Waals surface area contributed by atoms with Crippen LogP contribution in [-0.2, 0) is 11.0 Å². The number of thioether (sulfide) groups is 1. The van der Waals surface area contributed by atoms with Crippen LogP contribution in [0, 0.1) is 0 Å². The van der Waals surface area contributed by atoms with E-state index < -0.39 is 17.8 Å². The van der Waals surface area contributed by atoms with Crippen LogP contribution in [0.25, 0.3) is 11.5 Å². The molecule has 0 aliphatic rings. The van der Waals surface area contributed by atoms with Crippen LogP contribution in [0.15, 0.2) is 44.7 Å². The number of rotatable bonds is 4. The van der Waals surface area contributed by atoms with Gasteiger partial charge < -0.3 is 14.8 Å². The molecular formula is C14H12F3N3O3S. The topological polar surface area (TPSA) is 88.3 Å². The number of nitrogens with zero attached hydrogens (tertiary/aromatic N) is 2. The third-order valence-electron chi connectivity index (χ3n) is 2.72. The predicted octanol–water partition coefficient (Wildman–Crippen LogP) is 3.38. The SMILES string of the molecule is CNC(=O)/C(Sc1nc(-c2ccco2)cc(C(F)(F)F)n1)=C(\C)O. The molecule has 0 spiro atoms.